The van der Waals surface area contributed by atoms with E-state index in [1.165, 1.54) is 0 Å². The molecular weight excluding hydrogens is 568 g/mol. The maximum atomic E-state index is 13.0. The number of imide groups is 1. The van der Waals surface area contributed by atoms with Crippen LogP contribution in [-0.4, -0.2) is 35.6 Å². The minimum atomic E-state index is -0.525. The first-order valence-electron chi connectivity index (χ1n) is 11.7. The van der Waals surface area contributed by atoms with Gasteiger partial charge in [-0.25, -0.2) is 0 Å². The maximum Gasteiger partial charge on any atom is 0.294 e. The normalized spacial score (nSPS) is 14.1. The number of nitrogens with one attached hydrogen (secondary N) is 1. The van der Waals surface area contributed by atoms with Crippen LogP contribution in [0.25, 0.3) is 6.08 Å². The van der Waals surface area contributed by atoms with Gasteiger partial charge in [0.15, 0.2) is 11.5 Å². The van der Waals surface area contributed by atoms with Crippen LogP contribution in [0.15, 0.2) is 88.8 Å². The molecule has 0 spiro atoms. The molecule has 0 aliphatic carbocycles. The minimum Gasteiger partial charge on any atom is -0.493 e. The van der Waals surface area contributed by atoms with Crippen molar-refractivity contribution < 1.29 is 23.9 Å². The van der Waals surface area contributed by atoms with E-state index in [0.29, 0.717) is 35.8 Å². The first-order valence-corrected chi connectivity index (χ1v) is 13.3. The van der Waals surface area contributed by atoms with E-state index in [2.05, 4.69) is 27.8 Å². The number of methoxy groups -OCH3 is 1. The van der Waals surface area contributed by atoms with Gasteiger partial charge in [0, 0.05) is 15.7 Å². The van der Waals surface area contributed by atoms with Gasteiger partial charge in [0.05, 0.1) is 12.0 Å². The third-order valence-corrected chi connectivity index (χ3v) is 7.00. The van der Waals surface area contributed by atoms with Gasteiger partial charge in [-0.2, -0.15) is 0 Å². The molecule has 0 radical (unpaired) electrons. The van der Waals surface area contributed by atoms with E-state index in [1.807, 2.05) is 36.4 Å². The lowest BCUT2D eigenvalue weighted by atomic mass is 10.0. The minimum absolute atomic E-state index is 0.220. The zero-order valence-electron chi connectivity index (χ0n) is 20.6. The fraction of sp³-hybridized carbons (Fsp3) is 0.138. The van der Waals surface area contributed by atoms with E-state index in [0.717, 1.165) is 32.3 Å². The van der Waals surface area contributed by atoms with Crippen LogP contribution in [-0.2, 0) is 22.6 Å². The van der Waals surface area contributed by atoms with Gasteiger partial charge >= 0.3 is 0 Å². The standard InChI is InChI=1S/C29H25BrN2O5S/c1-3-7-21-14-20(15-24(36-2)27(21)37-18-19-10-12-22(30)13-11-19)16-25-28(34)32(29(35)38-25)17-26(33)31-23-8-5-4-6-9-23/h3-6,8-16H,1,7,17-18H2,2H3,(H,31,33)/b25-16-. The number of nitrogens with zero attached hydrogens (tertiary/aromatic N) is 1. The van der Waals surface area contributed by atoms with Crippen LogP contribution in [0.3, 0.4) is 0 Å². The second-order valence-corrected chi connectivity index (χ2v) is 10.2. The monoisotopic (exact) mass is 592 g/mol. The third-order valence-electron chi connectivity index (χ3n) is 5.57. The Balaban J connectivity index is 1.53. The lowest BCUT2D eigenvalue weighted by Crippen LogP contribution is -2.36. The van der Waals surface area contributed by atoms with E-state index in [4.69, 9.17) is 9.47 Å². The Morgan fingerprint density at radius 2 is 1.84 bits per heavy atom. The second-order valence-electron chi connectivity index (χ2n) is 8.30. The quantitative estimate of drug-likeness (QED) is 0.215. The average molecular weight is 593 g/mol. The molecule has 9 heteroatoms. The number of hydrogen-bond donors (Lipinski definition) is 1. The molecule has 0 saturated carbocycles. The number of anilines is 1. The molecule has 1 aliphatic rings. The summed E-state index contributed by atoms with van der Waals surface area (Å²) in [5.41, 5.74) is 3.07. The highest BCUT2D eigenvalue weighted by molar-refractivity contribution is 9.10. The number of para-hydroxylation sites is 1. The van der Waals surface area contributed by atoms with Gasteiger partial charge in [0.25, 0.3) is 11.1 Å². The van der Waals surface area contributed by atoms with Crippen LogP contribution >= 0.6 is 27.7 Å². The Bertz CT molecular complexity index is 1390. The van der Waals surface area contributed by atoms with Gasteiger partial charge in [-0.15, -0.1) is 6.58 Å². The predicted octanol–water partition coefficient (Wildman–Crippen LogP) is 6.44. The summed E-state index contributed by atoms with van der Waals surface area (Å²) in [6.45, 7) is 3.81. The van der Waals surface area contributed by atoms with Gasteiger partial charge in [-0.3, -0.25) is 19.3 Å². The fourth-order valence-electron chi connectivity index (χ4n) is 3.78. The number of allylic oxidation sites excluding steroid dienone is 1. The molecule has 194 valence electrons. The largest absolute Gasteiger partial charge is 0.493 e. The molecule has 1 saturated heterocycles. The van der Waals surface area contributed by atoms with Gasteiger partial charge in [0.1, 0.15) is 13.2 Å². The van der Waals surface area contributed by atoms with Crippen LogP contribution in [0, 0.1) is 0 Å². The van der Waals surface area contributed by atoms with Gasteiger partial charge in [0.2, 0.25) is 5.91 Å². The number of ether oxygens (including phenoxy) is 2. The first-order chi connectivity index (χ1) is 18.4. The Morgan fingerprint density at radius 1 is 1.11 bits per heavy atom. The number of halogens is 1. The number of hydrogen-bond acceptors (Lipinski definition) is 6. The average Bonchev–Trinajstić information content (AvgIpc) is 3.16. The molecule has 1 aliphatic heterocycles. The summed E-state index contributed by atoms with van der Waals surface area (Å²) < 4.78 is 12.7. The molecule has 0 unspecified atom stereocenters. The Morgan fingerprint density at radius 3 is 2.53 bits per heavy atom. The molecule has 3 aromatic carbocycles. The highest BCUT2D eigenvalue weighted by atomic mass is 79.9. The van der Waals surface area contributed by atoms with Crippen LogP contribution in [0.1, 0.15) is 16.7 Å². The SMILES string of the molecule is C=CCc1cc(/C=C2\SC(=O)N(CC(=O)Nc3ccccc3)C2=O)cc(OC)c1OCc1ccc(Br)cc1. The summed E-state index contributed by atoms with van der Waals surface area (Å²) in [5, 5.41) is 2.19. The highest BCUT2D eigenvalue weighted by Crippen LogP contribution is 2.37. The zero-order chi connectivity index (χ0) is 27.1. The zero-order valence-corrected chi connectivity index (χ0v) is 23.0. The Hall–Kier alpha value is -3.82. The van der Waals surface area contributed by atoms with E-state index >= 15 is 0 Å². The predicted molar refractivity (Wildman–Crippen MR) is 153 cm³/mol. The van der Waals surface area contributed by atoms with E-state index < -0.39 is 17.1 Å². The molecule has 3 aromatic rings. The molecule has 0 aromatic heterocycles. The number of amides is 3. The third kappa shape index (κ3) is 6.73. The van der Waals surface area contributed by atoms with Crippen molar-refractivity contribution in [1.29, 1.82) is 0 Å². The summed E-state index contributed by atoms with van der Waals surface area (Å²) in [5.74, 6) is 0.0947. The molecule has 1 heterocycles. The second kappa shape index (κ2) is 12.6. The molecule has 1 fully saturated rings. The summed E-state index contributed by atoms with van der Waals surface area (Å²) >= 11 is 4.22. The molecule has 7 nitrogen and oxygen atoms in total. The molecule has 1 N–H and O–H groups in total. The van der Waals surface area contributed by atoms with E-state index in [-0.39, 0.29) is 11.4 Å². The van der Waals surface area contributed by atoms with E-state index in [9.17, 15) is 14.4 Å². The molecule has 38 heavy (non-hydrogen) atoms. The molecule has 4 rings (SSSR count). The number of benzene rings is 3. The molecular formula is C29H25BrN2O5S. The van der Waals surface area contributed by atoms with Gasteiger partial charge < -0.3 is 14.8 Å². The van der Waals surface area contributed by atoms with Crippen molar-refractivity contribution in [3.63, 3.8) is 0 Å². The molecule has 3 amide bonds. The summed E-state index contributed by atoms with van der Waals surface area (Å²) in [7, 11) is 1.54. The van der Waals surface area contributed by atoms with Crippen molar-refractivity contribution in [2.75, 3.05) is 19.0 Å². The van der Waals surface area contributed by atoms with Crippen LogP contribution in [0.4, 0.5) is 10.5 Å². The summed E-state index contributed by atoms with van der Waals surface area (Å²) in [6.07, 6.45) is 3.88. The number of carbonyl (C=O) groups excluding carboxylic acids is 3. The van der Waals surface area contributed by atoms with Crippen molar-refractivity contribution >= 4 is 56.5 Å². The lowest BCUT2D eigenvalue weighted by molar-refractivity contribution is -0.127. The number of thioether (sulfide) groups is 1. The van der Waals surface area contributed by atoms with E-state index in [1.54, 1.807) is 49.6 Å². The number of rotatable bonds is 10. The highest BCUT2D eigenvalue weighted by Gasteiger charge is 2.36. The topological polar surface area (TPSA) is 84.9 Å². The van der Waals surface area contributed by atoms with Crippen LogP contribution in [0.5, 0.6) is 11.5 Å². The smallest absolute Gasteiger partial charge is 0.294 e. The van der Waals surface area contributed by atoms with Gasteiger partial charge in [-0.05, 0) is 71.8 Å². The van der Waals surface area contributed by atoms with Crippen molar-refractivity contribution in [1.82, 2.24) is 4.90 Å². The maximum absolute atomic E-state index is 13.0. The molecule has 0 bridgehead atoms. The van der Waals surface area contributed by atoms with Gasteiger partial charge in [-0.1, -0.05) is 52.3 Å². The van der Waals surface area contributed by atoms with Crippen LogP contribution in [0.2, 0.25) is 0 Å². The molecule has 0 atom stereocenters. The van der Waals surface area contributed by atoms with Crippen molar-refractivity contribution in [3.05, 3.63) is 105 Å². The Labute approximate surface area is 233 Å². The fourth-order valence-corrected chi connectivity index (χ4v) is 4.88. The number of carbonyl (C=O) groups is 3. The van der Waals surface area contributed by atoms with Crippen LogP contribution < -0.4 is 14.8 Å². The van der Waals surface area contributed by atoms with Crippen molar-refractivity contribution in [3.8, 4) is 11.5 Å². The van der Waals surface area contributed by atoms with Crippen molar-refractivity contribution in [2.24, 2.45) is 0 Å². The van der Waals surface area contributed by atoms with Crippen molar-refractivity contribution in [2.45, 2.75) is 13.0 Å². The first kappa shape index (κ1) is 27.2. The summed E-state index contributed by atoms with van der Waals surface area (Å²) in [6, 6.07) is 20.3. The Kier molecular flexibility index (Phi) is 9.04. The lowest BCUT2D eigenvalue weighted by Gasteiger charge is -2.16. The summed E-state index contributed by atoms with van der Waals surface area (Å²) in [4.78, 5) is 39.1.